The molecule has 1 aromatic carbocycles. The third-order valence-electron chi connectivity index (χ3n) is 2.75. The summed E-state index contributed by atoms with van der Waals surface area (Å²) >= 11 is 8.32. The molecule has 2 rings (SSSR count). The summed E-state index contributed by atoms with van der Waals surface area (Å²) in [6, 6.07) is 7.54. The maximum atomic E-state index is 12.2. The number of benzene rings is 1. The molecule has 2 aromatic rings. The molecule has 0 saturated carbocycles. The van der Waals surface area contributed by atoms with Gasteiger partial charge < -0.3 is 0 Å². The monoisotopic (exact) mass is 374 g/mol. The van der Waals surface area contributed by atoms with Crippen molar-refractivity contribution in [1.82, 2.24) is 9.78 Å². The largest absolute Gasteiger partial charge is 0.294 e. The van der Waals surface area contributed by atoms with Crippen LogP contribution in [-0.4, -0.2) is 15.6 Å². The van der Waals surface area contributed by atoms with Crippen molar-refractivity contribution in [3.8, 4) is 0 Å². The first kappa shape index (κ1) is 13.5. The van der Waals surface area contributed by atoms with Crippen LogP contribution in [0.2, 0.25) is 5.15 Å². The van der Waals surface area contributed by atoms with E-state index in [1.165, 1.54) is 0 Å². The molecular weight excluding hydrogens is 363 g/mol. The highest BCUT2D eigenvalue weighted by molar-refractivity contribution is 14.1. The Morgan fingerprint density at radius 1 is 1.50 bits per heavy atom. The zero-order chi connectivity index (χ0) is 13.3. The first-order valence-corrected chi connectivity index (χ1v) is 6.91. The lowest BCUT2D eigenvalue weighted by atomic mass is 10.0. The number of carbonyl (C=O) groups excluding carboxylic acids is 1. The normalized spacial score (nSPS) is 10.7. The summed E-state index contributed by atoms with van der Waals surface area (Å²) in [6.45, 7) is 1.86. The zero-order valence-corrected chi connectivity index (χ0v) is 13.0. The second kappa shape index (κ2) is 5.40. The van der Waals surface area contributed by atoms with Crippen molar-refractivity contribution in [3.05, 3.63) is 49.8 Å². The minimum absolute atomic E-state index is 0.0616. The van der Waals surface area contributed by atoms with Gasteiger partial charge in [-0.1, -0.05) is 23.7 Å². The van der Waals surface area contributed by atoms with E-state index in [2.05, 4.69) is 27.7 Å². The first-order valence-electron chi connectivity index (χ1n) is 5.45. The van der Waals surface area contributed by atoms with Crippen molar-refractivity contribution >= 4 is 40.0 Å². The van der Waals surface area contributed by atoms with E-state index >= 15 is 0 Å². The quantitative estimate of drug-likeness (QED) is 0.609. The number of aryl methyl sites for hydroxylation is 2. The van der Waals surface area contributed by atoms with Crippen molar-refractivity contribution in [1.29, 1.82) is 0 Å². The second-order valence-electron chi connectivity index (χ2n) is 4.09. The van der Waals surface area contributed by atoms with Gasteiger partial charge in [-0.2, -0.15) is 5.10 Å². The molecule has 0 spiro atoms. The number of nitrogens with zero attached hydrogens (tertiary/aromatic N) is 2. The molecule has 0 aliphatic heterocycles. The van der Waals surface area contributed by atoms with Gasteiger partial charge in [0.15, 0.2) is 5.78 Å². The van der Waals surface area contributed by atoms with Crippen LogP contribution in [0.15, 0.2) is 24.3 Å². The van der Waals surface area contributed by atoms with E-state index in [9.17, 15) is 4.79 Å². The molecule has 5 heteroatoms. The number of hydrogen-bond donors (Lipinski definition) is 0. The number of rotatable bonds is 3. The Labute approximate surface area is 124 Å². The molecular formula is C13H12ClIN2O. The number of ketones is 1. The summed E-state index contributed by atoms with van der Waals surface area (Å²) in [5.74, 6) is 0.0616. The number of halogens is 2. The Morgan fingerprint density at radius 3 is 2.78 bits per heavy atom. The molecule has 0 bridgehead atoms. The third kappa shape index (κ3) is 2.75. The number of carbonyl (C=O) groups is 1. The lowest BCUT2D eigenvalue weighted by molar-refractivity contribution is 0.0992. The van der Waals surface area contributed by atoms with Crippen LogP contribution < -0.4 is 0 Å². The van der Waals surface area contributed by atoms with Crippen LogP contribution in [0.3, 0.4) is 0 Å². The molecule has 94 valence electrons. The summed E-state index contributed by atoms with van der Waals surface area (Å²) in [6.07, 6.45) is 0.290. The molecule has 0 unspecified atom stereocenters. The van der Waals surface area contributed by atoms with E-state index in [0.29, 0.717) is 17.1 Å². The summed E-state index contributed by atoms with van der Waals surface area (Å²) in [5.41, 5.74) is 2.32. The minimum atomic E-state index is 0.0616. The van der Waals surface area contributed by atoms with Gasteiger partial charge in [0.05, 0.1) is 5.69 Å². The maximum Gasteiger partial charge on any atom is 0.167 e. The van der Waals surface area contributed by atoms with E-state index in [1.807, 2.05) is 31.2 Å². The van der Waals surface area contributed by atoms with Gasteiger partial charge >= 0.3 is 0 Å². The molecule has 3 nitrogen and oxygen atoms in total. The molecule has 18 heavy (non-hydrogen) atoms. The van der Waals surface area contributed by atoms with Gasteiger partial charge in [0.1, 0.15) is 5.15 Å². The predicted octanol–water partition coefficient (Wildman–Crippen LogP) is 3.41. The van der Waals surface area contributed by atoms with Crippen LogP contribution in [-0.2, 0) is 13.5 Å². The predicted molar refractivity (Wildman–Crippen MR) is 80.1 cm³/mol. The Balaban J connectivity index is 2.27. The summed E-state index contributed by atoms with van der Waals surface area (Å²) in [7, 11) is 1.77. The lowest BCUT2D eigenvalue weighted by Gasteiger charge is -2.02. The molecule has 0 radical (unpaired) electrons. The van der Waals surface area contributed by atoms with Gasteiger partial charge in [0.25, 0.3) is 0 Å². The topological polar surface area (TPSA) is 34.9 Å². The SMILES string of the molecule is Cc1nn(C)c(Cl)c1CC(=O)c1cccc(I)c1. The highest BCUT2D eigenvalue weighted by Gasteiger charge is 2.16. The van der Waals surface area contributed by atoms with Crippen molar-refractivity contribution in [2.24, 2.45) is 7.05 Å². The van der Waals surface area contributed by atoms with Gasteiger partial charge in [-0.05, 0) is 41.6 Å². The fraction of sp³-hybridized carbons (Fsp3) is 0.231. The zero-order valence-electron chi connectivity index (χ0n) is 10.1. The summed E-state index contributed by atoms with van der Waals surface area (Å²) in [5, 5.41) is 4.74. The van der Waals surface area contributed by atoms with Gasteiger partial charge in [-0.25, -0.2) is 0 Å². The number of Topliss-reactive ketones (excluding diaryl/α,β-unsaturated/α-hetero) is 1. The van der Waals surface area contributed by atoms with Crippen molar-refractivity contribution in [2.45, 2.75) is 13.3 Å². The molecule has 0 atom stereocenters. The molecule has 0 aliphatic carbocycles. The Kier molecular flexibility index (Phi) is 4.07. The average Bonchev–Trinajstić information content (AvgIpc) is 2.56. The van der Waals surface area contributed by atoms with E-state index in [4.69, 9.17) is 11.6 Å². The Hall–Kier alpha value is -0.880. The number of aromatic nitrogens is 2. The third-order valence-corrected chi connectivity index (χ3v) is 3.90. The second-order valence-corrected chi connectivity index (χ2v) is 5.69. The smallest absolute Gasteiger partial charge is 0.167 e. The molecule has 0 saturated heterocycles. The maximum absolute atomic E-state index is 12.2. The van der Waals surface area contributed by atoms with Crippen LogP contribution in [0.4, 0.5) is 0 Å². The fourth-order valence-corrected chi connectivity index (χ4v) is 2.58. The fourth-order valence-electron chi connectivity index (χ4n) is 1.80. The first-order chi connectivity index (χ1) is 8.49. The molecule has 0 amide bonds. The Morgan fingerprint density at radius 2 is 2.22 bits per heavy atom. The number of hydrogen-bond acceptors (Lipinski definition) is 2. The highest BCUT2D eigenvalue weighted by Crippen LogP contribution is 2.21. The standard InChI is InChI=1S/C13H12ClIN2O/c1-8-11(13(14)17(2)16-8)7-12(18)9-4-3-5-10(15)6-9/h3-6H,7H2,1-2H3. The van der Waals surface area contributed by atoms with Crippen LogP contribution in [0.5, 0.6) is 0 Å². The average molecular weight is 375 g/mol. The highest BCUT2D eigenvalue weighted by atomic mass is 127. The van der Waals surface area contributed by atoms with E-state index in [1.54, 1.807) is 11.7 Å². The van der Waals surface area contributed by atoms with Crippen LogP contribution in [0, 0.1) is 10.5 Å². The Bertz CT molecular complexity index is 607. The van der Waals surface area contributed by atoms with E-state index in [0.717, 1.165) is 14.8 Å². The van der Waals surface area contributed by atoms with Gasteiger partial charge in [-0.3, -0.25) is 9.48 Å². The molecule has 1 heterocycles. The molecule has 1 aromatic heterocycles. The molecule has 0 N–H and O–H groups in total. The summed E-state index contributed by atoms with van der Waals surface area (Å²) in [4.78, 5) is 12.2. The lowest BCUT2D eigenvalue weighted by Crippen LogP contribution is -2.04. The van der Waals surface area contributed by atoms with Crippen LogP contribution >= 0.6 is 34.2 Å². The summed E-state index contributed by atoms with van der Waals surface area (Å²) < 4.78 is 2.64. The van der Waals surface area contributed by atoms with Crippen molar-refractivity contribution in [3.63, 3.8) is 0 Å². The van der Waals surface area contributed by atoms with Crippen molar-refractivity contribution < 1.29 is 4.79 Å². The van der Waals surface area contributed by atoms with Crippen LogP contribution in [0.1, 0.15) is 21.6 Å². The van der Waals surface area contributed by atoms with E-state index < -0.39 is 0 Å². The van der Waals surface area contributed by atoms with Gasteiger partial charge in [0, 0.05) is 28.2 Å². The van der Waals surface area contributed by atoms with E-state index in [-0.39, 0.29) is 5.78 Å². The van der Waals surface area contributed by atoms with Crippen molar-refractivity contribution in [2.75, 3.05) is 0 Å². The minimum Gasteiger partial charge on any atom is -0.294 e. The van der Waals surface area contributed by atoms with Gasteiger partial charge in [-0.15, -0.1) is 0 Å². The van der Waals surface area contributed by atoms with Gasteiger partial charge in [0.2, 0.25) is 0 Å². The molecule has 0 aliphatic rings. The molecule has 0 fully saturated rings. The van der Waals surface area contributed by atoms with Crippen LogP contribution in [0.25, 0.3) is 0 Å².